The molecule has 0 radical (unpaired) electrons. The Morgan fingerprint density at radius 1 is 0.958 bits per heavy atom. The molecular formula is C20H15BrO3. The zero-order chi connectivity index (χ0) is 16.7. The summed E-state index contributed by atoms with van der Waals surface area (Å²) in [6.07, 6.45) is 0. The maximum atomic E-state index is 11.9. The molecule has 0 amide bonds. The molecule has 3 nitrogen and oxygen atoms in total. The fraction of sp³-hybridized carbons (Fsp3) is 0.100. The molecule has 0 fully saturated rings. The second-order valence-electron chi connectivity index (χ2n) is 5.63. The molecule has 1 N–H and O–H groups in total. The first-order chi connectivity index (χ1) is 11.7. The van der Waals surface area contributed by atoms with E-state index in [9.17, 15) is 5.11 Å². The standard InChI is InChI=1S/C20H15BrO3/c1-23-17-12-11-15(21)18-19(17)24-16-10-6-5-9-14(16)20(18,22)13-7-3-2-4-8-13/h2-12,22H,1H3. The third-order valence-corrected chi connectivity index (χ3v) is 4.99. The summed E-state index contributed by atoms with van der Waals surface area (Å²) >= 11 is 3.57. The molecule has 3 aromatic carbocycles. The molecule has 1 heterocycles. The van der Waals surface area contributed by atoms with Gasteiger partial charge in [-0.05, 0) is 23.8 Å². The summed E-state index contributed by atoms with van der Waals surface area (Å²) < 4.78 is 12.3. The van der Waals surface area contributed by atoms with E-state index in [1.807, 2.05) is 66.7 Å². The highest BCUT2D eigenvalue weighted by Gasteiger charge is 2.44. The summed E-state index contributed by atoms with van der Waals surface area (Å²) in [4.78, 5) is 0. The van der Waals surface area contributed by atoms with Crippen molar-refractivity contribution >= 4 is 15.9 Å². The summed E-state index contributed by atoms with van der Waals surface area (Å²) in [5, 5.41) is 11.9. The van der Waals surface area contributed by atoms with Gasteiger partial charge >= 0.3 is 0 Å². The predicted octanol–water partition coefficient (Wildman–Crippen LogP) is 4.85. The number of aliphatic hydroxyl groups is 1. The third-order valence-electron chi connectivity index (χ3n) is 4.33. The summed E-state index contributed by atoms with van der Waals surface area (Å²) in [6.45, 7) is 0. The Morgan fingerprint density at radius 3 is 2.42 bits per heavy atom. The molecule has 120 valence electrons. The normalized spacial score (nSPS) is 18.3. The van der Waals surface area contributed by atoms with E-state index < -0.39 is 5.60 Å². The number of ether oxygens (including phenoxy) is 2. The van der Waals surface area contributed by atoms with Gasteiger partial charge in [0.1, 0.15) is 11.4 Å². The van der Waals surface area contributed by atoms with Gasteiger partial charge in [-0.1, -0.05) is 64.5 Å². The van der Waals surface area contributed by atoms with Gasteiger partial charge < -0.3 is 14.6 Å². The topological polar surface area (TPSA) is 38.7 Å². The van der Waals surface area contributed by atoms with Crippen molar-refractivity contribution in [1.29, 1.82) is 0 Å². The average Bonchev–Trinajstić information content (AvgIpc) is 2.63. The molecule has 1 aliphatic rings. The molecule has 1 aliphatic heterocycles. The van der Waals surface area contributed by atoms with Crippen LogP contribution in [0, 0.1) is 0 Å². The Labute approximate surface area is 148 Å². The number of methoxy groups -OCH3 is 1. The van der Waals surface area contributed by atoms with Gasteiger partial charge in [0.15, 0.2) is 11.5 Å². The quantitative estimate of drug-likeness (QED) is 0.688. The minimum Gasteiger partial charge on any atom is -0.493 e. The molecule has 0 bridgehead atoms. The van der Waals surface area contributed by atoms with Gasteiger partial charge in [-0.3, -0.25) is 0 Å². The number of para-hydroxylation sites is 1. The molecule has 0 aliphatic carbocycles. The van der Waals surface area contributed by atoms with Crippen LogP contribution in [-0.4, -0.2) is 12.2 Å². The lowest BCUT2D eigenvalue weighted by Gasteiger charge is -2.37. The highest BCUT2D eigenvalue weighted by Crippen LogP contribution is 2.55. The second-order valence-corrected chi connectivity index (χ2v) is 6.48. The lowest BCUT2D eigenvalue weighted by molar-refractivity contribution is 0.111. The van der Waals surface area contributed by atoms with Crippen molar-refractivity contribution in [3.8, 4) is 17.2 Å². The van der Waals surface area contributed by atoms with Gasteiger partial charge in [0.25, 0.3) is 0 Å². The van der Waals surface area contributed by atoms with Crippen LogP contribution in [0.5, 0.6) is 17.2 Å². The van der Waals surface area contributed by atoms with Crippen LogP contribution in [0.1, 0.15) is 16.7 Å². The highest BCUT2D eigenvalue weighted by molar-refractivity contribution is 9.10. The van der Waals surface area contributed by atoms with Crippen LogP contribution >= 0.6 is 15.9 Å². The van der Waals surface area contributed by atoms with E-state index in [1.165, 1.54) is 0 Å². The lowest BCUT2D eigenvalue weighted by atomic mass is 9.78. The summed E-state index contributed by atoms with van der Waals surface area (Å²) in [5.41, 5.74) is 0.791. The van der Waals surface area contributed by atoms with Gasteiger partial charge in [0.05, 0.1) is 12.7 Å². The molecule has 4 heteroatoms. The predicted molar refractivity (Wildman–Crippen MR) is 95.8 cm³/mol. The minimum atomic E-state index is -1.33. The SMILES string of the molecule is COc1ccc(Br)c2c1Oc1ccccc1C2(O)c1ccccc1. The molecule has 1 atom stereocenters. The maximum Gasteiger partial charge on any atom is 0.177 e. The smallest absolute Gasteiger partial charge is 0.177 e. The van der Waals surface area contributed by atoms with Crippen LogP contribution in [-0.2, 0) is 5.60 Å². The van der Waals surface area contributed by atoms with E-state index in [-0.39, 0.29) is 0 Å². The van der Waals surface area contributed by atoms with Crippen molar-refractivity contribution < 1.29 is 14.6 Å². The largest absolute Gasteiger partial charge is 0.493 e. The van der Waals surface area contributed by atoms with Crippen molar-refractivity contribution in [1.82, 2.24) is 0 Å². The first-order valence-electron chi connectivity index (χ1n) is 7.58. The van der Waals surface area contributed by atoms with Crippen molar-refractivity contribution in [3.63, 3.8) is 0 Å². The molecule has 3 aromatic rings. The molecular weight excluding hydrogens is 368 g/mol. The average molecular weight is 383 g/mol. The van der Waals surface area contributed by atoms with Gasteiger partial charge in [0.2, 0.25) is 0 Å². The first kappa shape index (κ1) is 15.2. The van der Waals surface area contributed by atoms with Gasteiger partial charge in [-0.2, -0.15) is 0 Å². The van der Waals surface area contributed by atoms with Gasteiger partial charge in [-0.15, -0.1) is 0 Å². The van der Waals surface area contributed by atoms with Crippen molar-refractivity contribution in [2.75, 3.05) is 7.11 Å². The Hall–Kier alpha value is -2.30. The number of hydrogen-bond acceptors (Lipinski definition) is 3. The van der Waals surface area contributed by atoms with E-state index >= 15 is 0 Å². The Balaban J connectivity index is 2.11. The van der Waals surface area contributed by atoms with Crippen molar-refractivity contribution in [2.24, 2.45) is 0 Å². The number of halogens is 1. The number of fused-ring (bicyclic) bond motifs is 2. The van der Waals surface area contributed by atoms with E-state index in [0.717, 1.165) is 10.0 Å². The molecule has 0 aromatic heterocycles. The van der Waals surface area contributed by atoms with E-state index in [0.29, 0.717) is 28.4 Å². The fourth-order valence-electron chi connectivity index (χ4n) is 3.22. The van der Waals surface area contributed by atoms with Crippen molar-refractivity contribution in [3.05, 3.63) is 87.9 Å². The van der Waals surface area contributed by atoms with Gasteiger partial charge in [-0.25, -0.2) is 0 Å². The van der Waals surface area contributed by atoms with Crippen LogP contribution in [0.15, 0.2) is 71.2 Å². The number of benzene rings is 3. The Bertz CT molecular complexity index is 908. The van der Waals surface area contributed by atoms with Crippen LogP contribution in [0.3, 0.4) is 0 Å². The first-order valence-corrected chi connectivity index (χ1v) is 8.37. The Morgan fingerprint density at radius 2 is 1.67 bits per heavy atom. The molecule has 4 rings (SSSR count). The second kappa shape index (κ2) is 5.65. The minimum absolute atomic E-state index is 0.525. The third kappa shape index (κ3) is 2.07. The van der Waals surface area contributed by atoms with E-state index in [2.05, 4.69) is 15.9 Å². The summed E-state index contributed by atoms with van der Waals surface area (Å²) in [5.74, 6) is 1.72. The Kier molecular flexibility index (Phi) is 3.59. The van der Waals surface area contributed by atoms with E-state index in [1.54, 1.807) is 7.11 Å². The number of hydrogen-bond donors (Lipinski definition) is 1. The summed E-state index contributed by atoms with van der Waals surface area (Å²) in [6, 6.07) is 20.8. The lowest BCUT2D eigenvalue weighted by Crippen LogP contribution is -2.33. The van der Waals surface area contributed by atoms with E-state index in [4.69, 9.17) is 9.47 Å². The highest BCUT2D eigenvalue weighted by atomic mass is 79.9. The molecule has 0 saturated carbocycles. The monoisotopic (exact) mass is 382 g/mol. The van der Waals surface area contributed by atoms with Crippen LogP contribution in [0.2, 0.25) is 0 Å². The summed E-state index contributed by atoms with van der Waals surface area (Å²) in [7, 11) is 1.59. The molecule has 0 saturated heterocycles. The number of rotatable bonds is 2. The zero-order valence-corrected chi connectivity index (χ0v) is 14.6. The van der Waals surface area contributed by atoms with Gasteiger partial charge in [0, 0.05) is 10.0 Å². The molecule has 0 spiro atoms. The van der Waals surface area contributed by atoms with Crippen molar-refractivity contribution in [2.45, 2.75) is 5.60 Å². The van der Waals surface area contributed by atoms with Crippen LogP contribution < -0.4 is 9.47 Å². The fourth-order valence-corrected chi connectivity index (χ4v) is 3.82. The van der Waals surface area contributed by atoms with Crippen LogP contribution in [0.25, 0.3) is 0 Å². The maximum absolute atomic E-state index is 11.9. The zero-order valence-electron chi connectivity index (χ0n) is 13.0. The molecule has 1 unspecified atom stereocenters. The molecule has 24 heavy (non-hydrogen) atoms. The van der Waals surface area contributed by atoms with Crippen LogP contribution in [0.4, 0.5) is 0 Å².